The monoisotopic (exact) mass is 350 g/mol. The second-order valence-electron chi connectivity index (χ2n) is 6.51. The van der Waals surface area contributed by atoms with Gasteiger partial charge in [0.15, 0.2) is 0 Å². The van der Waals surface area contributed by atoms with Gasteiger partial charge in [0.2, 0.25) is 0 Å². The van der Waals surface area contributed by atoms with E-state index >= 15 is 0 Å². The van der Waals surface area contributed by atoms with Crippen LogP contribution in [0.2, 0.25) is 0 Å². The van der Waals surface area contributed by atoms with Crippen molar-refractivity contribution in [2.24, 2.45) is 7.05 Å². The van der Waals surface area contributed by atoms with Crippen LogP contribution in [-0.4, -0.2) is 33.9 Å². The molecule has 1 aromatic carbocycles. The maximum atomic E-state index is 12.1. The van der Waals surface area contributed by atoms with Crippen LogP contribution in [0.15, 0.2) is 36.5 Å². The van der Waals surface area contributed by atoms with Crippen LogP contribution in [0.5, 0.6) is 0 Å². The van der Waals surface area contributed by atoms with E-state index in [1.807, 2.05) is 31.3 Å². The molecule has 7 heteroatoms. The maximum absolute atomic E-state index is 12.1. The molecule has 3 heterocycles. The smallest absolute Gasteiger partial charge is 0.319 e. The Morgan fingerprint density at radius 2 is 2.23 bits per heavy atom. The molecule has 0 saturated heterocycles. The summed E-state index contributed by atoms with van der Waals surface area (Å²) in [5.74, 6) is 0.989. The highest BCUT2D eigenvalue weighted by atomic mass is 16.2. The number of benzene rings is 1. The second kappa shape index (κ2) is 7.03. The molecule has 2 aromatic heterocycles. The van der Waals surface area contributed by atoms with Gasteiger partial charge in [-0.15, -0.1) is 0 Å². The first kappa shape index (κ1) is 16.4. The third-order valence-corrected chi connectivity index (χ3v) is 4.62. The minimum absolute atomic E-state index is 0.218. The van der Waals surface area contributed by atoms with Crippen molar-refractivity contribution in [3.63, 3.8) is 0 Å². The molecule has 0 aliphatic carbocycles. The lowest BCUT2D eigenvalue weighted by Crippen LogP contribution is -2.30. The Morgan fingerprint density at radius 1 is 1.31 bits per heavy atom. The Morgan fingerprint density at radius 3 is 3.15 bits per heavy atom. The summed E-state index contributed by atoms with van der Waals surface area (Å²) in [5.41, 5.74) is 4.04. The molecule has 0 radical (unpaired) electrons. The number of rotatable bonds is 4. The summed E-state index contributed by atoms with van der Waals surface area (Å²) < 4.78 is 1.81. The third kappa shape index (κ3) is 3.46. The van der Waals surface area contributed by atoms with Crippen molar-refractivity contribution in [2.75, 3.05) is 23.7 Å². The normalized spacial score (nSPS) is 13.1. The summed E-state index contributed by atoms with van der Waals surface area (Å²) in [6.07, 6.45) is 4.72. The molecule has 0 bridgehead atoms. The van der Waals surface area contributed by atoms with E-state index in [1.165, 1.54) is 5.56 Å². The number of urea groups is 1. The van der Waals surface area contributed by atoms with E-state index in [1.54, 1.807) is 10.9 Å². The van der Waals surface area contributed by atoms with Gasteiger partial charge >= 0.3 is 6.03 Å². The average molecular weight is 350 g/mol. The minimum atomic E-state index is -0.218. The van der Waals surface area contributed by atoms with Crippen molar-refractivity contribution >= 4 is 28.4 Å². The Hall–Kier alpha value is -3.09. The quantitative estimate of drug-likeness (QED) is 0.675. The molecule has 1 aliphatic heterocycles. The van der Waals surface area contributed by atoms with Gasteiger partial charge in [-0.3, -0.25) is 4.68 Å². The molecule has 0 fully saturated rings. The van der Waals surface area contributed by atoms with Gasteiger partial charge in [-0.1, -0.05) is 6.07 Å². The largest absolute Gasteiger partial charge is 0.370 e. The zero-order chi connectivity index (χ0) is 17.9. The highest BCUT2D eigenvalue weighted by Crippen LogP contribution is 2.20. The van der Waals surface area contributed by atoms with Crippen molar-refractivity contribution in [3.05, 3.63) is 47.8 Å². The van der Waals surface area contributed by atoms with E-state index in [0.717, 1.165) is 47.5 Å². The molecule has 7 nitrogen and oxygen atoms in total. The van der Waals surface area contributed by atoms with Gasteiger partial charge in [0.1, 0.15) is 5.82 Å². The molecule has 0 spiro atoms. The molecular weight excluding hydrogens is 328 g/mol. The number of anilines is 2. The molecule has 0 unspecified atom stereocenters. The molecule has 1 aliphatic rings. The Bertz CT molecular complexity index is 948. The van der Waals surface area contributed by atoms with Crippen LogP contribution in [0.3, 0.4) is 0 Å². The molecule has 3 N–H and O–H groups in total. The first-order valence-electron chi connectivity index (χ1n) is 8.88. The Labute approximate surface area is 151 Å². The summed E-state index contributed by atoms with van der Waals surface area (Å²) in [7, 11) is 1.90. The number of fused-ring (bicyclic) bond motifs is 2. The summed E-state index contributed by atoms with van der Waals surface area (Å²) >= 11 is 0. The van der Waals surface area contributed by atoms with Gasteiger partial charge < -0.3 is 16.0 Å². The van der Waals surface area contributed by atoms with Crippen molar-refractivity contribution in [1.29, 1.82) is 0 Å². The maximum Gasteiger partial charge on any atom is 0.319 e. The van der Waals surface area contributed by atoms with Crippen LogP contribution >= 0.6 is 0 Å². The zero-order valence-corrected chi connectivity index (χ0v) is 14.7. The van der Waals surface area contributed by atoms with E-state index < -0.39 is 0 Å². The standard InChI is InChI=1S/C19H22N6O/c1-25-17-7-6-16(11-14(17)12-22-25)24-19(26)21-10-8-15-5-4-13-3-2-9-20-18(13)23-15/h4-7,11-12H,2-3,8-10H2,1H3,(H,20,23)(H2,21,24,26). The fraction of sp³-hybridized carbons (Fsp3) is 0.316. The van der Waals surface area contributed by atoms with Crippen LogP contribution in [0, 0.1) is 0 Å². The van der Waals surface area contributed by atoms with Gasteiger partial charge in [-0.2, -0.15) is 5.10 Å². The van der Waals surface area contributed by atoms with Gasteiger partial charge in [0.25, 0.3) is 0 Å². The highest BCUT2D eigenvalue weighted by Gasteiger charge is 2.10. The van der Waals surface area contributed by atoms with Crippen molar-refractivity contribution in [1.82, 2.24) is 20.1 Å². The van der Waals surface area contributed by atoms with Crippen molar-refractivity contribution < 1.29 is 4.79 Å². The molecular formula is C19H22N6O. The zero-order valence-electron chi connectivity index (χ0n) is 14.7. The predicted octanol–water partition coefficient (Wildman–Crippen LogP) is 2.69. The first-order chi connectivity index (χ1) is 12.7. The van der Waals surface area contributed by atoms with Crippen molar-refractivity contribution in [3.8, 4) is 0 Å². The number of aromatic nitrogens is 3. The van der Waals surface area contributed by atoms with Crippen LogP contribution in [-0.2, 0) is 19.9 Å². The Balaban J connectivity index is 1.30. The number of aryl methyl sites for hydroxylation is 2. The van der Waals surface area contributed by atoms with Crippen LogP contribution in [0.1, 0.15) is 17.7 Å². The second-order valence-corrected chi connectivity index (χ2v) is 6.51. The van der Waals surface area contributed by atoms with E-state index in [-0.39, 0.29) is 6.03 Å². The number of amides is 2. The van der Waals surface area contributed by atoms with Gasteiger partial charge in [-0.05, 0) is 42.7 Å². The molecule has 2 amide bonds. The highest BCUT2D eigenvalue weighted by molar-refractivity contribution is 5.92. The van der Waals surface area contributed by atoms with E-state index in [0.29, 0.717) is 13.0 Å². The summed E-state index contributed by atoms with van der Waals surface area (Å²) in [6, 6.07) is 9.69. The predicted molar refractivity (Wildman–Crippen MR) is 102 cm³/mol. The van der Waals surface area contributed by atoms with Gasteiger partial charge in [-0.25, -0.2) is 9.78 Å². The first-order valence-corrected chi connectivity index (χ1v) is 8.88. The van der Waals surface area contributed by atoms with E-state index in [2.05, 4.69) is 32.1 Å². The number of nitrogens with zero attached hydrogens (tertiary/aromatic N) is 3. The van der Waals surface area contributed by atoms with E-state index in [4.69, 9.17) is 0 Å². The topological polar surface area (TPSA) is 83.9 Å². The number of nitrogens with one attached hydrogen (secondary N) is 3. The fourth-order valence-corrected chi connectivity index (χ4v) is 3.23. The van der Waals surface area contributed by atoms with Crippen molar-refractivity contribution in [2.45, 2.75) is 19.3 Å². The van der Waals surface area contributed by atoms with Gasteiger partial charge in [0, 0.05) is 43.3 Å². The van der Waals surface area contributed by atoms with Gasteiger partial charge in [0.05, 0.1) is 11.7 Å². The lowest BCUT2D eigenvalue weighted by Gasteiger charge is -2.17. The number of carbonyl (C=O) groups is 1. The summed E-state index contributed by atoms with van der Waals surface area (Å²) in [4.78, 5) is 16.7. The number of hydrogen-bond acceptors (Lipinski definition) is 4. The number of hydrogen-bond donors (Lipinski definition) is 3. The fourth-order valence-electron chi connectivity index (χ4n) is 3.23. The van der Waals surface area contributed by atoms with E-state index in [9.17, 15) is 4.79 Å². The minimum Gasteiger partial charge on any atom is -0.370 e. The van der Waals surface area contributed by atoms with Crippen LogP contribution in [0.4, 0.5) is 16.3 Å². The SMILES string of the molecule is Cn1ncc2cc(NC(=O)NCCc3ccc4c(n3)NCCC4)ccc21. The van der Waals surface area contributed by atoms with Crippen LogP contribution in [0.25, 0.3) is 10.9 Å². The summed E-state index contributed by atoms with van der Waals surface area (Å²) in [5, 5.41) is 14.3. The molecule has 26 heavy (non-hydrogen) atoms. The molecule has 3 aromatic rings. The van der Waals surface area contributed by atoms with Crippen LogP contribution < -0.4 is 16.0 Å². The molecule has 0 saturated carbocycles. The number of carbonyl (C=O) groups excluding carboxylic acids is 1. The Kier molecular flexibility index (Phi) is 4.43. The lowest BCUT2D eigenvalue weighted by molar-refractivity contribution is 0.252. The molecule has 0 atom stereocenters. The molecule has 4 rings (SSSR count). The third-order valence-electron chi connectivity index (χ3n) is 4.62. The number of pyridine rings is 1. The molecule has 134 valence electrons. The average Bonchev–Trinajstić information content (AvgIpc) is 3.02. The summed E-state index contributed by atoms with van der Waals surface area (Å²) in [6.45, 7) is 1.51. The lowest BCUT2D eigenvalue weighted by atomic mass is 10.1.